The standard InChI is InChI=1S/C20H23FN2O3S/c21-19-8-4-5-9-20(19)26-16-15-22-11-13-23(14-12-22)27(24,25)17-10-18-6-2-1-3-7-18/h1-10,17H,11-16H2/b17-10-. The summed E-state index contributed by atoms with van der Waals surface area (Å²) in [6.45, 7) is 3.10. The monoisotopic (exact) mass is 390 g/mol. The molecule has 2 aromatic rings. The first-order valence-corrected chi connectivity index (χ1v) is 10.4. The lowest BCUT2D eigenvalue weighted by molar-refractivity contribution is 0.157. The molecule has 0 radical (unpaired) electrons. The highest BCUT2D eigenvalue weighted by atomic mass is 32.2. The molecule has 5 nitrogen and oxygen atoms in total. The van der Waals surface area contributed by atoms with E-state index in [1.165, 1.54) is 15.8 Å². The molecule has 1 fully saturated rings. The normalized spacial score (nSPS) is 16.6. The van der Waals surface area contributed by atoms with Crippen molar-refractivity contribution < 1.29 is 17.5 Å². The van der Waals surface area contributed by atoms with Crippen molar-refractivity contribution in [3.63, 3.8) is 0 Å². The molecule has 0 aromatic heterocycles. The minimum absolute atomic E-state index is 0.241. The third-order valence-corrected chi connectivity index (χ3v) is 5.99. The molecule has 0 atom stereocenters. The van der Waals surface area contributed by atoms with E-state index in [0.29, 0.717) is 39.3 Å². The highest BCUT2D eigenvalue weighted by molar-refractivity contribution is 7.92. The van der Waals surface area contributed by atoms with Crippen molar-refractivity contribution >= 4 is 16.1 Å². The Morgan fingerprint density at radius 1 is 0.963 bits per heavy atom. The Kier molecular flexibility index (Phi) is 6.60. The van der Waals surface area contributed by atoms with E-state index < -0.39 is 10.0 Å². The Morgan fingerprint density at radius 3 is 2.33 bits per heavy atom. The second-order valence-electron chi connectivity index (χ2n) is 6.28. The largest absolute Gasteiger partial charge is 0.489 e. The van der Waals surface area contributed by atoms with Gasteiger partial charge in [0.1, 0.15) is 6.61 Å². The number of nitrogens with zero attached hydrogens (tertiary/aromatic N) is 2. The van der Waals surface area contributed by atoms with Gasteiger partial charge >= 0.3 is 0 Å². The minimum atomic E-state index is -3.43. The van der Waals surface area contributed by atoms with Crippen molar-refractivity contribution in [3.8, 4) is 5.75 Å². The van der Waals surface area contributed by atoms with Crippen LogP contribution in [0.5, 0.6) is 5.75 Å². The van der Waals surface area contributed by atoms with E-state index >= 15 is 0 Å². The summed E-state index contributed by atoms with van der Waals surface area (Å²) in [5.74, 6) is -0.136. The van der Waals surface area contributed by atoms with Crippen LogP contribution in [0, 0.1) is 5.82 Å². The molecule has 0 spiro atoms. The molecule has 0 N–H and O–H groups in total. The molecule has 0 amide bonds. The molecule has 0 saturated carbocycles. The van der Waals surface area contributed by atoms with E-state index in [1.807, 2.05) is 30.3 Å². The van der Waals surface area contributed by atoms with Gasteiger partial charge in [-0.1, -0.05) is 42.5 Å². The molecule has 0 bridgehead atoms. The highest BCUT2D eigenvalue weighted by Gasteiger charge is 2.24. The summed E-state index contributed by atoms with van der Waals surface area (Å²) in [5.41, 5.74) is 0.852. The van der Waals surface area contributed by atoms with Crippen LogP contribution in [0.15, 0.2) is 60.0 Å². The third-order valence-electron chi connectivity index (χ3n) is 4.42. The average Bonchev–Trinajstić information content (AvgIpc) is 2.69. The topological polar surface area (TPSA) is 49.9 Å². The molecule has 1 saturated heterocycles. The number of benzene rings is 2. The number of hydrogen-bond acceptors (Lipinski definition) is 4. The summed E-state index contributed by atoms with van der Waals surface area (Å²) in [5, 5.41) is 1.26. The van der Waals surface area contributed by atoms with E-state index in [-0.39, 0.29) is 11.6 Å². The molecule has 0 unspecified atom stereocenters. The van der Waals surface area contributed by atoms with Gasteiger partial charge in [-0.05, 0) is 23.8 Å². The van der Waals surface area contributed by atoms with Crippen LogP contribution in [-0.4, -0.2) is 57.0 Å². The fraction of sp³-hybridized carbons (Fsp3) is 0.300. The molecule has 27 heavy (non-hydrogen) atoms. The first kappa shape index (κ1) is 19.5. The molecule has 1 aliphatic rings. The third kappa shape index (κ3) is 5.63. The number of piperazine rings is 1. The van der Waals surface area contributed by atoms with E-state index in [4.69, 9.17) is 4.74 Å². The predicted molar refractivity (Wildman–Crippen MR) is 104 cm³/mol. The SMILES string of the molecule is O=S(=O)(/C=C\c1ccccc1)N1CCN(CCOc2ccccc2F)CC1. The quantitative estimate of drug-likeness (QED) is 0.730. The number of rotatable bonds is 7. The number of sulfonamides is 1. The Morgan fingerprint density at radius 2 is 1.63 bits per heavy atom. The minimum Gasteiger partial charge on any atom is -0.489 e. The maximum atomic E-state index is 13.5. The summed E-state index contributed by atoms with van der Waals surface area (Å²) in [4.78, 5) is 2.12. The second-order valence-corrected chi connectivity index (χ2v) is 8.10. The van der Waals surface area contributed by atoms with Crippen LogP contribution >= 0.6 is 0 Å². The van der Waals surface area contributed by atoms with E-state index in [0.717, 1.165) is 5.56 Å². The van der Waals surface area contributed by atoms with Gasteiger partial charge in [0.05, 0.1) is 0 Å². The summed E-state index contributed by atoms with van der Waals surface area (Å²) in [7, 11) is -3.43. The smallest absolute Gasteiger partial charge is 0.236 e. The van der Waals surface area contributed by atoms with Gasteiger partial charge in [-0.15, -0.1) is 0 Å². The van der Waals surface area contributed by atoms with Crippen LogP contribution in [-0.2, 0) is 10.0 Å². The van der Waals surface area contributed by atoms with Crippen molar-refractivity contribution in [2.75, 3.05) is 39.3 Å². The lowest BCUT2D eigenvalue weighted by atomic mass is 10.2. The summed E-state index contributed by atoms with van der Waals surface area (Å²) in [6, 6.07) is 15.7. The maximum absolute atomic E-state index is 13.5. The van der Waals surface area contributed by atoms with Crippen molar-refractivity contribution in [3.05, 3.63) is 71.4 Å². The van der Waals surface area contributed by atoms with Gasteiger partial charge in [-0.25, -0.2) is 12.8 Å². The van der Waals surface area contributed by atoms with Crippen LogP contribution in [0.3, 0.4) is 0 Å². The first-order valence-electron chi connectivity index (χ1n) is 8.87. The van der Waals surface area contributed by atoms with Crippen LogP contribution in [0.4, 0.5) is 4.39 Å². The number of halogens is 1. The molecule has 144 valence electrons. The lowest BCUT2D eigenvalue weighted by Gasteiger charge is -2.33. The van der Waals surface area contributed by atoms with Gasteiger partial charge in [-0.3, -0.25) is 4.90 Å². The van der Waals surface area contributed by atoms with E-state index in [9.17, 15) is 12.8 Å². The lowest BCUT2D eigenvalue weighted by Crippen LogP contribution is -2.48. The Bertz CT molecular complexity index is 864. The van der Waals surface area contributed by atoms with Crippen LogP contribution in [0.1, 0.15) is 5.56 Å². The molecule has 2 aromatic carbocycles. The Labute approximate surface area is 159 Å². The second kappa shape index (κ2) is 9.12. The number of hydrogen-bond donors (Lipinski definition) is 0. The van der Waals surface area contributed by atoms with E-state index in [2.05, 4.69) is 4.90 Å². The molecule has 3 rings (SSSR count). The molecular formula is C20H23FN2O3S. The van der Waals surface area contributed by atoms with Gasteiger partial charge in [-0.2, -0.15) is 4.31 Å². The van der Waals surface area contributed by atoms with Gasteiger partial charge in [0.2, 0.25) is 10.0 Å². The number of ether oxygens (including phenoxy) is 1. The summed E-state index contributed by atoms with van der Waals surface area (Å²) in [6.07, 6.45) is 1.62. The predicted octanol–water partition coefficient (Wildman–Crippen LogP) is 2.82. The van der Waals surface area contributed by atoms with Crippen molar-refractivity contribution in [2.24, 2.45) is 0 Å². The van der Waals surface area contributed by atoms with Crippen molar-refractivity contribution in [2.45, 2.75) is 0 Å². The van der Waals surface area contributed by atoms with Gasteiger partial charge in [0.15, 0.2) is 11.6 Å². The highest BCUT2D eigenvalue weighted by Crippen LogP contribution is 2.16. The fourth-order valence-electron chi connectivity index (χ4n) is 2.87. The van der Waals surface area contributed by atoms with Crippen molar-refractivity contribution in [1.82, 2.24) is 9.21 Å². The first-order chi connectivity index (χ1) is 13.0. The zero-order valence-corrected chi connectivity index (χ0v) is 15.8. The Hall–Kier alpha value is -2.22. The zero-order valence-electron chi connectivity index (χ0n) is 15.0. The Balaban J connectivity index is 1.45. The maximum Gasteiger partial charge on any atom is 0.236 e. The number of para-hydroxylation sites is 1. The van der Waals surface area contributed by atoms with Crippen LogP contribution < -0.4 is 4.74 Å². The molecular weight excluding hydrogens is 367 g/mol. The molecule has 1 aliphatic heterocycles. The fourth-order valence-corrected chi connectivity index (χ4v) is 4.04. The van der Waals surface area contributed by atoms with Crippen LogP contribution in [0.25, 0.3) is 6.08 Å². The molecule has 7 heteroatoms. The molecule has 1 heterocycles. The van der Waals surface area contributed by atoms with Crippen molar-refractivity contribution in [1.29, 1.82) is 0 Å². The van der Waals surface area contributed by atoms with Gasteiger partial charge in [0.25, 0.3) is 0 Å². The molecule has 0 aliphatic carbocycles. The van der Waals surface area contributed by atoms with Gasteiger partial charge in [0, 0.05) is 38.1 Å². The summed E-state index contributed by atoms with van der Waals surface area (Å²) < 4.78 is 45.4. The van der Waals surface area contributed by atoms with E-state index in [1.54, 1.807) is 24.3 Å². The van der Waals surface area contributed by atoms with Crippen LogP contribution in [0.2, 0.25) is 0 Å². The average molecular weight is 390 g/mol. The zero-order chi connectivity index (χ0) is 19.1. The summed E-state index contributed by atoms with van der Waals surface area (Å²) >= 11 is 0. The van der Waals surface area contributed by atoms with Gasteiger partial charge < -0.3 is 4.74 Å².